The Morgan fingerprint density at radius 1 is 0.905 bits per heavy atom. The quantitative estimate of drug-likeness (QED) is 0.793. The van der Waals surface area contributed by atoms with E-state index >= 15 is 0 Å². The average Bonchev–Trinajstić information content (AvgIpc) is 2.40. The van der Waals surface area contributed by atoms with Crippen LogP contribution in [0, 0.1) is 11.6 Å². The maximum absolute atomic E-state index is 13.2. The van der Waals surface area contributed by atoms with Crippen molar-refractivity contribution in [1.82, 2.24) is 0 Å². The smallest absolute Gasteiger partial charge is 0.384 e. The first-order chi connectivity index (χ1) is 9.70. The lowest BCUT2D eigenvalue weighted by atomic mass is 9.99. The van der Waals surface area contributed by atoms with Crippen LogP contribution in [0.4, 0.5) is 22.0 Å². The van der Waals surface area contributed by atoms with E-state index < -0.39 is 29.5 Å². The van der Waals surface area contributed by atoms with Crippen molar-refractivity contribution in [2.45, 2.75) is 12.3 Å². The van der Waals surface area contributed by atoms with Crippen LogP contribution < -0.4 is 0 Å². The van der Waals surface area contributed by atoms with Gasteiger partial charge in [0, 0.05) is 0 Å². The van der Waals surface area contributed by atoms with Gasteiger partial charge in [-0.05, 0) is 35.4 Å². The van der Waals surface area contributed by atoms with Gasteiger partial charge in [0.25, 0.3) is 0 Å². The fourth-order valence-electron chi connectivity index (χ4n) is 1.81. The zero-order chi connectivity index (χ0) is 15.8. The molecule has 0 spiro atoms. The summed E-state index contributed by atoms with van der Waals surface area (Å²) in [6.45, 7) is 0. The van der Waals surface area contributed by atoms with E-state index in [0.29, 0.717) is 12.1 Å². The van der Waals surface area contributed by atoms with Crippen LogP contribution >= 0.6 is 11.6 Å². The van der Waals surface area contributed by atoms with Gasteiger partial charge in [0.15, 0.2) is 0 Å². The van der Waals surface area contributed by atoms with Gasteiger partial charge in [-0.2, -0.15) is 13.2 Å². The van der Waals surface area contributed by atoms with Crippen molar-refractivity contribution in [3.8, 4) is 0 Å². The molecule has 0 radical (unpaired) electrons. The van der Waals surface area contributed by atoms with E-state index in [1.54, 1.807) is 0 Å². The van der Waals surface area contributed by atoms with Crippen LogP contribution in [-0.4, -0.2) is 5.11 Å². The topological polar surface area (TPSA) is 20.2 Å². The summed E-state index contributed by atoms with van der Waals surface area (Å²) in [6.07, 6.45) is -6.36. The van der Waals surface area contributed by atoms with Crippen molar-refractivity contribution >= 4 is 11.6 Å². The molecule has 1 nitrogen and oxygen atoms in total. The molecular formula is C14H8ClF5O. The average molecular weight is 323 g/mol. The molecule has 0 aromatic heterocycles. The predicted octanol–water partition coefficient (Wildman–Crippen LogP) is 4.72. The largest absolute Gasteiger partial charge is 0.419 e. The van der Waals surface area contributed by atoms with E-state index in [-0.39, 0.29) is 16.1 Å². The Morgan fingerprint density at radius 2 is 1.43 bits per heavy atom. The molecule has 0 aliphatic rings. The third-order valence-corrected chi connectivity index (χ3v) is 3.16. The highest BCUT2D eigenvalue weighted by molar-refractivity contribution is 6.30. The maximum Gasteiger partial charge on any atom is 0.419 e. The molecular weight excluding hydrogens is 315 g/mol. The summed E-state index contributed by atoms with van der Waals surface area (Å²) < 4.78 is 64.1. The third-order valence-electron chi connectivity index (χ3n) is 2.87. The summed E-state index contributed by atoms with van der Waals surface area (Å²) >= 11 is 5.55. The Balaban J connectivity index is 2.44. The Kier molecular flexibility index (Phi) is 4.20. The molecule has 1 N–H and O–H groups in total. The van der Waals surface area contributed by atoms with Gasteiger partial charge in [0.1, 0.15) is 17.7 Å². The fourth-order valence-corrected chi connectivity index (χ4v) is 1.99. The molecule has 0 aliphatic carbocycles. The van der Waals surface area contributed by atoms with Gasteiger partial charge in [-0.25, -0.2) is 8.78 Å². The van der Waals surface area contributed by atoms with E-state index in [4.69, 9.17) is 11.6 Å². The molecule has 0 amide bonds. The highest BCUT2D eigenvalue weighted by Gasteiger charge is 2.34. The Morgan fingerprint density at radius 3 is 1.95 bits per heavy atom. The SMILES string of the molecule is OC(c1ccc(F)c(Cl)c1)c1ccc(F)c(C(F)(F)F)c1. The van der Waals surface area contributed by atoms with Gasteiger partial charge in [-0.15, -0.1) is 0 Å². The van der Waals surface area contributed by atoms with E-state index in [1.165, 1.54) is 6.07 Å². The summed E-state index contributed by atoms with van der Waals surface area (Å²) in [5.41, 5.74) is -1.56. The zero-order valence-electron chi connectivity index (χ0n) is 10.3. The molecule has 1 atom stereocenters. The first-order valence-corrected chi connectivity index (χ1v) is 6.07. The molecule has 2 aromatic carbocycles. The number of aliphatic hydroxyl groups is 1. The molecule has 0 aliphatic heterocycles. The number of rotatable bonds is 2. The molecule has 112 valence electrons. The standard InChI is InChI=1S/C14H8ClF5O/c15-10-6-8(2-4-12(10)17)13(21)7-1-3-11(16)9(5-7)14(18,19)20/h1-6,13,21H. The summed E-state index contributed by atoms with van der Waals surface area (Å²) in [6, 6.07) is 5.41. The lowest BCUT2D eigenvalue weighted by Gasteiger charge is -2.15. The number of hydrogen-bond donors (Lipinski definition) is 1. The second-order valence-electron chi connectivity index (χ2n) is 4.31. The van der Waals surface area contributed by atoms with Crippen LogP contribution in [0.3, 0.4) is 0 Å². The Labute approximate surface area is 121 Å². The predicted molar refractivity (Wildman–Crippen MR) is 66.9 cm³/mol. The molecule has 0 saturated heterocycles. The van der Waals surface area contributed by atoms with Crippen LogP contribution in [0.5, 0.6) is 0 Å². The molecule has 7 heteroatoms. The van der Waals surface area contributed by atoms with Crippen LogP contribution in [-0.2, 0) is 6.18 Å². The van der Waals surface area contributed by atoms with Crippen molar-refractivity contribution in [1.29, 1.82) is 0 Å². The summed E-state index contributed by atoms with van der Waals surface area (Å²) in [5, 5.41) is 9.74. The van der Waals surface area contributed by atoms with E-state index in [9.17, 15) is 27.1 Å². The normalized spacial score (nSPS) is 13.3. The minimum atomic E-state index is -4.87. The van der Waals surface area contributed by atoms with E-state index in [1.807, 2.05) is 0 Å². The Hall–Kier alpha value is -1.66. The number of alkyl halides is 3. The first kappa shape index (κ1) is 15.7. The van der Waals surface area contributed by atoms with Crippen molar-refractivity contribution in [3.63, 3.8) is 0 Å². The van der Waals surface area contributed by atoms with Crippen molar-refractivity contribution in [3.05, 3.63) is 69.7 Å². The molecule has 0 heterocycles. The second-order valence-corrected chi connectivity index (χ2v) is 4.72. The van der Waals surface area contributed by atoms with Gasteiger partial charge < -0.3 is 5.11 Å². The highest BCUT2D eigenvalue weighted by atomic mass is 35.5. The van der Waals surface area contributed by atoms with Crippen LogP contribution in [0.2, 0.25) is 5.02 Å². The number of benzene rings is 2. The molecule has 21 heavy (non-hydrogen) atoms. The van der Waals surface area contributed by atoms with Gasteiger partial charge in [0.2, 0.25) is 0 Å². The maximum atomic E-state index is 13.2. The van der Waals surface area contributed by atoms with E-state index in [0.717, 1.165) is 18.2 Å². The molecule has 2 aromatic rings. The number of aliphatic hydroxyl groups excluding tert-OH is 1. The van der Waals surface area contributed by atoms with Crippen molar-refractivity contribution < 1.29 is 27.1 Å². The molecule has 1 unspecified atom stereocenters. The van der Waals surface area contributed by atoms with Gasteiger partial charge in [0.05, 0.1) is 10.6 Å². The molecule has 2 rings (SSSR count). The fraction of sp³-hybridized carbons (Fsp3) is 0.143. The van der Waals surface area contributed by atoms with Crippen LogP contribution in [0.1, 0.15) is 22.8 Å². The van der Waals surface area contributed by atoms with Crippen molar-refractivity contribution in [2.24, 2.45) is 0 Å². The summed E-state index contributed by atoms with van der Waals surface area (Å²) in [4.78, 5) is 0. The third kappa shape index (κ3) is 3.33. The zero-order valence-corrected chi connectivity index (χ0v) is 11.0. The van der Waals surface area contributed by atoms with Crippen molar-refractivity contribution in [2.75, 3.05) is 0 Å². The van der Waals surface area contributed by atoms with E-state index in [2.05, 4.69) is 0 Å². The first-order valence-electron chi connectivity index (χ1n) is 5.70. The number of halogens is 6. The minimum absolute atomic E-state index is 0.0983. The monoisotopic (exact) mass is 322 g/mol. The van der Waals surface area contributed by atoms with Gasteiger partial charge >= 0.3 is 6.18 Å². The van der Waals surface area contributed by atoms with Crippen LogP contribution in [0.25, 0.3) is 0 Å². The Bertz CT molecular complexity index is 669. The molecule has 0 fully saturated rings. The minimum Gasteiger partial charge on any atom is -0.384 e. The molecule has 0 bridgehead atoms. The second kappa shape index (κ2) is 5.61. The van der Waals surface area contributed by atoms with Gasteiger partial charge in [-0.3, -0.25) is 0 Å². The van der Waals surface area contributed by atoms with Gasteiger partial charge in [-0.1, -0.05) is 23.7 Å². The molecule has 0 saturated carbocycles. The lowest BCUT2D eigenvalue weighted by Crippen LogP contribution is -2.10. The number of hydrogen-bond acceptors (Lipinski definition) is 1. The van der Waals surface area contributed by atoms with Crippen LogP contribution in [0.15, 0.2) is 36.4 Å². The lowest BCUT2D eigenvalue weighted by molar-refractivity contribution is -0.140. The summed E-state index contributed by atoms with van der Waals surface area (Å²) in [5.74, 6) is -2.15. The highest BCUT2D eigenvalue weighted by Crippen LogP contribution is 2.34. The summed E-state index contributed by atoms with van der Waals surface area (Å²) in [7, 11) is 0.